The number of aromatic nitrogens is 3. The highest BCUT2D eigenvalue weighted by molar-refractivity contribution is 6.06. The first kappa shape index (κ1) is 20.4. The predicted octanol–water partition coefficient (Wildman–Crippen LogP) is 4.92. The van der Waals surface area contributed by atoms with Gasteiger partial charge in [-0.25, -0.2) is 14.4 Å². The van der Waals surface area contributed by atoms with Crippen molar-refractivity contribution < 1.29 is 18.1 Å². The summed E-state index contributed by atoms with van der Waals surface area (Å²) in [4.78, 5) is 24.3. The zero-order valence-corrected chi connectivity index (χ0v) is 18.0. The smallest absolute Gasteiger partial charge is 0.258 e. The van der Waals surface area contributed by atoms with Gasteiger partial charge in [-0.1, -0.05) is 17.3 Å². The van der Waals surface area contributed by atoms with Gasteiger partial charge in [0.2, 0.25) is 5.89 Å². The molecule has 1 atom stereocenters. The quantitative estimate of drug-likeness (QED) is 0.453. The minimum Gasteiger partial charge on any atom is -0.443 e. The van der Waals surface area contributed by atoms with Crippen LogP contribution in [0.5, 0.6) is 0 Å². The van der Waals surface area contributed by atoms with Crippen molar-refractivity contribution in [3.05, 3.63) is 76.5 Å². The number of pyridine rings is 1. The van der Waals surface area contributed by atoms with Crippen LogP contribution >= 0.6 is 0 Å². The van der Waals surface area contributed by atoms with Crippen LogP contribution in [0, 0.1) is 19.7 Å². The van der Waals surface area contributed by atoms with Crippen LogP contribution in [0.15, 0.2) is 45.5 Å². The number of aryl methyl sites for hydroxylation is 2. The lowest BCUT2D eigenvalue weighted by molar-refractivity contribution is 0.0572. The van der Waals surface area contributed by atoms with Crippen molar-refractivity contribution in [3.8, 4) is 0 Å². The fourth-order valence-electron chi connectivity index (χ4n) is 4.38. The Bertz CT molecular complexity index is 1300. The van der Waals surface area contributed by atoms with E-state index in [0.29, 0.717) is 52.7 Å². The van der Waals surface area contributed by atoms with Gasteiger partial charge in [-0.05, 0) is 56.9 Å². The van der Waals surface area contributed by atoms with Gasteiger partial charge in [0.15, 0.2) is 0 Å². The molecule has 164 valence electrons. The van der Waals surface area contributed by atoms with Crippen molar-refractivity contribution >= 4 is 17.0 Å². The molecule has 0 N–H and O–H groups in total. The number of amides is 1. The SMILES string of the molecule is Cc1cc(C(=O)N2CCCCC2c2ncc(Cc3cccc(F)c3)o2)c2c(C)noc2n1. The van der Waals surface area contributed by atoms with E-state index in [9.17, 15) is 9.18 Å². The van der Waals surface area contributed by atoms with Crippen molar-refractivity contribution in [1.29, 1.82) is 0 Å². The Morgan fingerprint density at radius 3 is 2.97 bits per heavy atom. The van der Waals surface area contributed by atoms with Gasteiger partial charge in [0.05, 0.1) is 22.8 Å². The number of hydrogen-bond donors (Lipinski definition) is 0. The van der Waals surface area contributed by atoms with E-state index in [-0.39, 0.29) is 17.8 Å². The minimum absolute atomic E-state index is 0.110. The van der Waals surface area contributed by atoms with Crippen molar-refractivity contribution in [2.75, 3.05) is 6.54 Å². The van der Waals surface area contributed by atoms with Crippen molar-refractivity contribution in [3.63, 3.8) is 0 Å². The van der Waals surface area contributed by atoms with Gasteiger partial charge in [0, 0.05) is 18.7 Å². The zero-order chi connectivity index (χ0) is 22.2. The molecule has 1 aliphatic rings. The summed E-state index contributed by atoms with van der Waals surface area (Å²) in [6.07, 6.45) is 4.76. The molecule has 4 heterocycles. The second-order valence-electron chi connectivity index (χ2n) is 8.24. The first-order valence-electron chi connectivity index (χ1n) is 10.7. The number of carbonyl (C=O) groups excluding carboxylic acids is 1. The maximum Gasteiger partial charge on any atom is 0.258 e. The van der Waals surface area contributed by atoms with Gasteiger partial charge in [-0.2, -0.15) is 0 Å². The van der Waals surface area contributed by atoms with Crippen LogP contribution in [0.1, 0.15) is 64.3 Å². The third kappa shape index (κ3) is 3.77. The third-order valence-corrected chi connectivity index (χ3v) is 5.86. The van der Waals surface area contributed by atoms with Gasteiger partial charge in [-0.3, -0.25) is 4.79 Å². The maximum absolute atomic E-state index is 13.7. The number of benzene rings is 1. The van der Waals surface area contributed by atoms with E-state index in [1.807, 2.05) is 17.9 Å². The largest absolute Gasteiger partial charge is 0.443 e. The molecule has 0 radical (unpaired) electrons. The molecule has 0 aliphatic carbocycles. The highest BCUT2D eigenvalue weighted by Gasteiger charge is 2.33. The molecule has 0 spiro atoms. The van der Waals surface area contributed by atoms with E-state index in [1.54, 1.807) is 25.3 Å². The molecule has 32 heavy (non-hydrogen) atoms. The molecule has 5 rings (SSSR count). The molecule has 8 heteroatoms. The molecule has 1 aromatic carbocycles. The molecule has 3 aromatic heterocycles. The minimum atomic E-state index is -0.283. The summed E-state index contributed by atoms with van der Waals surface area (Å²) in [5, 5.41) is 4.63. The molecule has 4 aromatic rings. The molecule has 0 saturated carbocycles. The number of rotatable bonds is 4. The number of fused-ring (bicyclic) bond motifs is 1. The Kier molecular flexibility index (Phi) is 5.20. The molecule has 1 aliphatic heterocycles. The normalized spacial score (nSPS) is 16.6. The van der Waals surface area contributed by atoms with Crippen LogP contribution in [0.2, 0.25) is 0 Å². The molecule has 0 bridgehead atoms. The van der Waals surface area contributed by atoms with Crippen molar-refractivity contribution in [1.82, 2.24) is 20.0 Å². The first-order chi connectivity index (χ1) is 15.5. The molecule has 1 saturated heterocycles. The summed E-state index contributed by atoms with van der Waals surface area (Å²) >= 11 is 0. The van der Waals surface area contributed by atoms with Gasteiger partial charge in [0.25, 0.3) is 11.6 Å². The second kappa shape index (κ2) is 8.18. The van der Waals surface area contributed by atoms with Crippen molar-refractivity contribution in [2.24, 2.45) is 0 Å². The highest BCUT2D eigenvalue weighted by atomic mass is 19.1. The van der Waals surface area contributed by atoms with Crippen LogP contribution in [0.25, 0.3) is 11.1 Å². The number of hydrogen-bond acceptors (Lipinski definition) is 6. The summed E-state index contributed by atoms with van der Waals surface area (Å²) in [5.41, 5.74) is 3.04. The Hall–Kier alpha value is -3.55. The maximum atomic E-state index is 13.7. The number of carbonyl (C=O) groups is 1. The fraction of sp³-hybridized carbons (Fsp3) is 0.333. The lowest BCUT2D eigenvalue weighted by atomic mass is 9.99. The average molecular weight is 434 g/mol. The highest BCUT2D eigenvalue weighted by Crippen LogP contribution is 2.34. The Morgan fingerprint density at radius 1 is 1.25 bits per heavy atom. The molecule has 1 amide bonds. The van der Waals surface area contributed by atoms with E-state index >= 15 is 0 Å². The second-order valence-corrected chi connectivity index (χ2v) is 8.24. The monoisotopic (exact) mass is 434 g/mol. The first-order valence-corrected chi connectivity index (χ1v) is 10.7. The lowest BCUT2D eigenvalue weighted by Crippen LogP contribution is -2.38. The summed E-state index contributed by atoms with van der Waals surface area (Å²) in [6, 6.07) is 7.94. The number of oxazole rings is 1. The number of halogens is 1. The van der Waals surface area contributed by atoms with Crippen molar-refractivity contribution in [2.45, 2.75) is 45.6 Å². The number of piperidine rings is 1. The topological polar surface area (TPSA) is 85.3 Å². The van der Waals surface area contributed by atoms with E-state index in [2.05, 4.69) is 15.1 Å². The Balaban J connectivity index is 1.45. The Morgan fingerprint density at radius 2 is 2.12 bits per heavy atom. The summed E-state index contributed by atoms with van der Waals surface area (Å²) in [6.45, 7) is 4.24. The molecular formula is C24H23FN4O3. The van der Waals surface area contributed by atoms with Gasteiger partial charge >= 0.3 is 0 Å². The summed E-state index contributed by atoms with van der Waals surface area (Å²) in [5.74, 6) is 0.754. The number of nitrogens with zero attached hydrogens (tertiary/aromatic N) is 4. The van der Waals surface area contributed by atoms with Gasteiger partial charge in [-0.15, -0.1) is 0 Å². The van der Waals surface area contributed by atoms with E-state index < -0.39 is 0 Å². The lowest BCUT2D eigenvalue weighted by Gasteiger charge is -2.34. The predicted molar refractivity (Wildman–Crippen MR) is 115 cm³/mol. The summed E-state index contributed by atoms with van der Waals surface area (Å²) < 4.78 is 24.8. The zero-order valence-electron chi connectivity index (χ0n) is 18.0. The number of likely N-dealkylation sites (tertiary alicyclic amines) is 1. The van der Waals surface area contributed by atoms with Crippen LogP contribution in [0.4, 0.5) is 4.39 Å². The van der Waals surface area contributed by atoms with Crippen LogP contribution in [0.3, 0.4) is 0 Å². The van der Waals surface area contributed by atoms with Gasteiger partial charge in [0.1, 0.15) is 17.6 Å². The van der Waals surface area contributed by atoms with Crippen LogP contribution in [-0.2, 0) is 6.42 Å². The van der Waals surface area contributed by atoms with E-state index in [4.69, 9.17) is 8.94 Å². The van der Waals surface area contributed by atoms with E-state index in [1.165, 1.54) is 12.1 Å². The third-order valence-electron chi connectivity index (χ3n) is 5.86. The van der Waals surface area contributed by atoms with Gasteiger partial charge < -0.3 is 13.8 Å². The van der Waals surface area contributed by atoms with E-state index in [0.717, 1.165) is 24.8 Å². The molecular weight excluding hydrogens is 411 g/mol. The average Bonchev–Trinajstić information content (AvgIpc) is 3.39. The fourth-order valence-corrected chi connectivity index (χ4v) is 4.38. The van der Waals surface area contributed by atoms with Crippen LogP contribution in [-0.4, -0.2) is 32.5 Å². The molecule has 7 nitrogen and oxygen atoms in total. The molecule has 1 fully saturated rings. The summed E-state index contributed by atoms with van der Waals surface area (Å²) in [7, 11) is 0. The standard InChI is InChI=1S/C24H23FN4O3/c1-14-10-19(21-15(2)28-32-23(21)27-14)24(30)29-9-4-3-8-20(29)22-26-13-18(31-22)12-16-6-5-7-17(25)11-16/h5-7,10-11,13,20H,3-4,8-9,12H2,1-2H3. The Labute approximate surface area is 184 Å². The van der Waals surface area contributed by atoms with Crippen LogP contribution < -0.4 is 0 Å². The molecule has 1 unspecified atom stereocenters.